The Morgan fingerprint density at radius 2 is 2.08 bits per heavy atom. The van der Waals surface area contributed by atoms with Crippen molar-refractivity contribution >= 4 is 5.97 Å². The molecule has 3 nitrogen and oxygen atoms in total. The second-order valence-corrected chi connectivity index (χ2v) is 2.55. The van der Waals surface area contributed by atoms with E-state index in [-0.39, 0.29) is 11.5 Å². The fourth-order valence-electron chi connectivity index (χ4n) is 1.15. The minimum absolute atomic E-state index is 0.00199. The Balaban J connectivity index is 4.63. The van der Waals surface area contributed by atoms with Gasteiger partial charge in [-0.1, -0.05) is 13.8 Å². The van der Waals surface area contributed by atoms with Gasteiger partial charge in [-0.25, -0.2) is 4.79 Å². The predicted molar refractivity (Wildman–Crippen MR) is 45.4 cm³/mol. The molecule has 3 heteroatoms. The summed E-state index contributed by atoms with van der Waals surface area (Å²) in [6.45, 7) is 3.84. The smallest absolute Gasteiger partial charge is 0.332 e. The van der Waals surface area contributed by atoms with E-state index in [4.69, 9.17) is 10.4 Å². The number of hydrogen-bond acceptors (Lipinski definition) is 2. The summed E-state index contributed by atoms with van der Waals surface area (Å²) in [5, 5.41) is 17.1. The van der Waals surface area contributed by atoms with Gasteiger partial charge in [0.25, 0.3) is 0 Å². The molecule has 0 unspecified atom stereocenters. The molecule has 0 aromatic rings. The molecule has 0 aliphatic carbocycles. The van der Waals surface area contributed by atoms with E-state index in [0.717, 1.165) is 18.9 Å². The normalized spacial score (nSPS) is 11.3. The zero-order valence-electron chi connectivity index (χ0n) is 7.37. The lowest BCUT2D eigenvalue weighted by Crippen LogP contribution is -2.11. The van der Waals surface area contributed by atoms with Crippen LogP contribution in [-0.2, 0) is 4.79 Å². The topological polar surface area (TPSA) is 61.1 Å². The lowest BCUT2D eigenvalue weighted by Gasteiger charge is -2.11. The molecule has 0 spiro atoms. The van der Waals surface area contributed by atoms with Crippen molar-refractivity contribution in [3.05, 3.63) is 11.6 Å². The maximum absolute atomic E-state index is 10.6. The van der Waals surface area contributed by atoms with Crippen LogP contribution < -0.4 is 0 Å². The van der Waals surface area contributed by atoms with Crippen LogP contribution in [0.25, 0.3) is 0 Å². The summed E-state index contributed by atoms with van der Waals surface area (Å²) in [4.78, 5) is 10.6. The fourth-order valence-corrected chi connectivity index (χ4v) is 1.15. The molecular formula is C9H13NO2. The zero-order chi connectivity index (χ0) is 9.56. The monoisotopic (exact) mass is 167 g/mol. The molecule has 0 radical (unpaired) electrons. The number of hydrogen-bond donors (Lipinski definition) is 1. The van der Waals surface area contributed by atoms with Crippen LogP contribution in [0, 0.1) is 17.2 Å². The van der Waals surface area contributed by atoms with Gasteiger partial charge < -0.3 is 5.11 Å². The van der Waals surface area contributed by atoms with E-state index in [9.17, 15) is 4.79 Å². The predicted octanol–water partition coefficient (Wildman–Crippen LogP) is 1.96. The number of nitrogens with zero attached hydrogens (tertiary/aromatic N) is 1. The first kappa shape index (κ1) is 10.7. The lowest BCUT2D eigenvalue weighted by molar-refractivity contribution is -0.133. The highest BCUT2D eigenvalue weighted by Gasteiger charge is 2.16. The third-order valence-corrected chi connectivity index (χ3v) is 1.89. The van der Waals surface area contributed by atoms with Crippen LogP contribution in [0.15, 0.2) is 11.6 Å². The highest BCUT2D eigenvalue weighted by Crippen LogP contribution is 2.18. The highest BCUT2D eigenvalue weighted by atomic mass is 16.4. The standard InChI is InChI=1S/C9H13NO2/c1-3-7(4-2)8(5-6-10)9(11)12/h5,7H,3-4H2,1-2H3,(H,11,12). The first-order chi connectivity index (χ1) is 5.67. The summed E-state index contributed by atoms with van der Waals surface area (Å²) < 4.78 is 0. The van der Waals surface area contributed by atoms with Gasteiger partial charge in [-0.15, -0.1) is 0 Å². The molecule has 0 fully saturated rings. The lowest BCUT2D eigenvalue weighted by atomic mass is 9.93. The van der Waals surface area contributed by atoms with Crippen molar-refractivity contribution in [1.29, 1.82) is 5.26 Å². The van der Waals surface area contributed by atoms with Crippen LogP contribution in [0.4, 0.5) is 0 Å². The highest BCUT2D eigenvalue weighted by molar-refractivity contribution is 5.87. The van der Waals surface area contributed by atoms with Crippen LogP contribution >= 0.6 is 0 Å². The number of allylic oxidation sites excluding steroid dienone is 1. The number of aliphatic carboxylic acids is 1. The Morgan fingerprint density at radius 1 is 1.58 bits per heavy atom. The Morgan fingerprint density at radius 3 is 2.33 bits per heavy atom. The number of nitriles is 1. The van der Waals surface area contributed by atoms with E-state index in [2.05, 4.69) is 0 Å². The SMILES string of the molecule is CCC(CC)C(=CC#N)C(=O)O. The van der Waals surface area contributed by atoms with Crippen molar-refractivity contribution in [3.63, 3.8) is 0 Å². The van der Waals surface area contributed by atoms with E-state index < -0.39 is 5.97 Å². The fraction of sp³-hybridized carbons (Fsp3) is 0.556. The minimum atomic E-state index is -0.981. The average Bonchev–Trinajstić information content (AvgIpc) is 2.05. The molecule has 0 amide bonds. The molecule has 0 aromatic carbocycles. The molecule has 0 saturated carbocycles. The van der Waals surface area contributed by atoms with Gasteiger partial charge in [-0.2, -0.15) is 5.26 Å². The van der Waals surface area contributed by atoms with Gasteiger partial charge in [0, 0.05) is 6.08 Å². The van der Waals surface area contributed by atoms with Gasteiger partial charge >= 0.3 is 5.97 Å². The first-order valence-corrected chi connectivity index (χ1v) is 4.00. The van der Waals surface area contributed by atoms with Crippen LogP contribution in [0.5, 0.6) is 0 Å². The van der Waals surface area contributed by atoms with Gasteiger partial charge in [0.1, 0.15) is 0 Å². The van der Waals surface area contributed by atoms with E-state index in [1.165, 1.54) is 0 Å². The van der Waals surface area contributed by atoms with Gasteiger partial charge in [-0.3, -0.25) is 0 Å². The average molecular weight is 167 g/mol. The Kier molecular flexibility index (Phi) is 4.78. The Bertz CT molecular complexity index is 221. The molecular weight excluding hydrogens is 154 g/mol. The van der Waals surface area contributed by atoms with Crippen LogP contribution in [-0.4, -0.2) is 11.1 Å². The largest absolute Gasteiger partial charge is 0.478 e. The summed E-state index contributed by atoms with van der Waals surface area (Å²) >= 11 is 0. The molecule has 0 aliphatic rings. The molecule has 0 rings (SSSR count). The number of carbonyl (C=O) groups is 1. The minimum Gasteiger partial charge on any atom is -0.478 e. The summed E-state index contributed by atoms with van der Waals surface area (Å²) in [6, 6.07) is 1.76. The van der Waals surface area contributed by atoms with E-state index in [1.807, 2.05) is 13.8 Å². The molecule has 0 aliphatic heterocycles. The third-order valence-electron chi connectivity index (χ3n) is 1.89. The molecule has 0 saturated heterocycles. The van der Waals surface area contributed by atoms with Gasteiger partial charge in [0.2, 0.25) is 0 Å². The summed E-state index contributed by atoms with van der Waals surface area (Å²) in [7, 11) is 0. The van der Waals surface area contributed by atoms with Crippen molar-refractivity contribution in [1.82, 2.24) is 0 Å². The van der Waals surface area contributed by atoms with Gasteiger partial charge in [0.05, 0.1) is 11.6 Å². The summed E-state index contributed by atoms with van der Waals surface area (Å²) in [6.07, 6.45) is 2.65. The van der Waals surface area contributed by atoms with Crippen LogP contribution in [0.3, 0.4) is 0 Å². The van der Waals surface area contributed by atoms with E-state index >= 15 is 0 Å². The zero-order valence-corrected chi connectivity index (χ0v) is 7.37. The number of rotatable bonds is 4. The second kappa shape index (κ2) is 5.36. The molecule has 66 valence electrons. The van der Waals surface area contributed by atoms with Crippen molar-refractivity contribution in [2.75, 3.05) is 0 Å². The van der Waals surface area contributed by atoms with Gasteiger partial charge in [0.15, 0.2) is 0 Å². The molecule has 0 aromatic heterocycles. The van der Waals surface area contributed by atoms with Crippen molar-refractivity contribution in [2.45, 2.75) is 26.7 Å². The number of carboxylic acids is 1. The van der Waals surface area contributed by atoms with Crippen molar-refractivity contribution in [2.24, 2.45) is 5.92 Å². The first-order valence-electron chi connectivity index (χ1n) is 4.00. The Labute approximate surface area is 72.3 Å². The maximum Gasteiger partial charge on any atom is 0.332 e. The van der Waals surface area contributed by atoms with Crippen molar-refractivity contribution < 1.29 is 9.90 Å². The quantitative estimate of drug-likeness (QED) is 0.514. The summed E-state index contributed by atoms with van der Waals surface area (Å²) in [5.41, 5.74) is 0.225. The van der Waals surface area contributed by atoms with Crippen molar-refractivity contribution in [3.8, 4) is 6.07 Å². The number of carboxylic acid groups (broad SMARTS) is 1. The Hall–Kier alpha value is -1.30. The summed E-state index contributed by atoms with van der Waals surface area (Å²) in [5.74, 6) is -0.979. The van der Waals surface area contributed by atoms with Crippen LogP contribution in [0.2, 0.25) is 0 Å². The molecule has 0 bridgehead atoms. The van der Waals surface area contributed by atoms with E-state index in [1.54, 1.807) is 6.07 Å². The maximum atomic E-state index is 10.6. The van der Waals surface area contributed by atoms with Crippen LogP contribution in [0.1, 0.15) is 26.7 Å². The molecule has 0 atom stereocenters. The molecule has 12 heavy (non-hydrogen) atoms. The van der Waals surface area contributed by atoms with E-state index in [0.29, 0.717) is 0 Å². The second-order valence-electron chi connectivity index (χ2n) is 2.55. The van der Waals surface area contributed by atoms with Gasteiger partial charge in [-0.05, 0) is 18.8 Å². The molecule has 1 N–H and O–H groups in total. The third kappa shape index (κ3) is 2.75. The molecule has 0 heterocycles.